The van der Waals surface area contributed by atoms with Gasteiger partial charge in [0.25, 0.3) is 15.9 Å². The number of benzene rings is 1. The molecule has 1 aliphatic heterocycles. The second kappa shape index (κ2) is 8.55. The van der Waals surface area contributed by atoms with Gasteiger partial charge in [-0.1, -0.05) is 18.2 Å². The maximum Gasteiger partial charge on any atom is 0.284 e. The molecule has 9 heteroatoms. The molecule has 0 N–H and O–H groups in total. The van der Waals surface area contributed by atoms with E-state index < -0.39 is 10.0 Å². The van der Waals surface area contributed by atoms with Crippen LogP contribution in [0.5, 0.6) is 0 Å². The zero-order chi connectivity index (χ0) is 19.3. The number of amides is 1. The summed E-state index contributed by atoms with van der Waals surface area (Å²) in [6.45, 7) is 0.753. The Morgan fingerprint density at radius 1 is 1.22 bits per heavy atom. The monoisotopic (exact) mass is 406 g/mol. The summed E-state index contributed by atoms with van der Waals surface area (Å²) < 4.78 is 39.4. The Morgan fingerprint density at radius 2 is 2.00 bits per heavy atom. The molecule has 1 saturated heterocycles. The van der Waals surface area contributed by atoms with Crippen LogP contribution in [-0.2, 0) is 19.6 Å². The van der Waals surface area contributed by atoms with Gasteiger partial charge in [0.2, 0.25) is 0 Å². The highest BCUT2D eigenvalue weighted by Crippen LogP contribution is 2.33. The van der Waals surface area contributed by atoms with Crippen LogP contribution >= 0.6 is 11.8 Å². The molecule has 142 valence electrons. The lowest BCUT2D eigenvalue weighted by Crippen LogP contribution is -2.31. The van der Waals surface area contributed by atoms with E-state index in [1.54, 1.807) is 43.5 Å². The Morgan fingerprint density at radius 3 is 2.67 bits per heavy atom. The first-order valence-electron chi connectivity index (χ1n) is 8.15. The lowest BCUT2D eigenvalue weighted by molar-refractivity contribution is -0.122. The van der Waals surface area contributed by atoms with Crippen molar-refractivity contribution >= 4 is 38.9 Å². The third-order valence-electron chi connectivity index (χ3n) is 3.67. The number of nitrogens with zero attached hydrogens (tertiary/aromatic N) is 2. The topological polar surface area (TPSA) is 89.2 Å². The molecule has 1 aromatic carbocycles. The van der Waals surface area contributed by atoms with Crippen molar-refractivity contribution in [2.24, 2.45) is 4.40 Å². The molecule has 0 radical (unpaired) electrons. The quantitative estimate of drug-likeness (QED) is 0.519. The zero-order valence-electron chi connectivity index (χ0n) is 14.6. The summed E-state index contributed by atoms with van der Waals surface area (Å²) in [7, 11) is -2.36. The highest BCUT2D eigenvalue weighted by atomic mass is 32.2. The molecule has 1 fully saturated rings. The summed E-state index contributed by atoms with van der Waals surface area (Å²) >= 11 is 1.01. The fraction of sp³-hybridized carbons (Fsp3) is 0.222. The molecule has 27 heavy (non-hydrogen) atoms. The van der Waals surface area contributed by atoms with Crippen LogP contribution in [0.3, 0.4) is 0 Å². The van der Waals surface area contributed by atoms with E-state index in [0.717, 1.165) is 11.8 Å². The molecule has 0 atom stereocenters. The molecule has 7 nitrogen and oxygen atoms in total. The Kier molecular flexibility index (Phi) is 6.15. The van der Waals surface area contributed by atoms with Crippen molar-refractivity contribution in [3.63, 3.8) is 0 Å². The van der Waals surface area contributed by atoms with E-state index in [-0.39, 0.29) is 16.0 Å². The fourth-order valence-electron chi connectivity index (χ4n) is 2.39. The van der Waals surface area contributed by atoms with Crippen LogP contribution in [0.15, 0.2) is 67.3 Å². The van der Waals surface area contributed by atoms with Crippen molar-refractivity contribution in [3.8, 4) is 0 Å². The van der Waals surface area contributed by atoms with E-state index in [4.69, 9.17) is 9.15 Å². The van der Waals surface area contributed by atoms with Gasteiger partial charge in [0.05, 0.1) is 16.1 Å². The Bertz CT molecular complexity index is 951. The number of carbonyl (C=O) groups excluding carboxylic acids is 1. The zero-order valence-corrected chi connectivity index (χ0v) is 16.2. The van der Waals surface area contributed by atoms with Crippen LogP contribution in [0.25, 0.3) is 6.08 Å². The normalized spacial score (nSPS) is 18.0. The van der Waals surface area contributed by atoms with Crippen LogP contribution in [-0.4, -0.2) is 44.7 Å². The average molecular weight is 406 g/mol. The largest absolute Gasteiger partial charge is 0.465 e. The van der Waals surface area contributed by atoms with Gasteiger partial charge in [-0.2, -0.15) is 8.42 Å². The van der Waals surface area contributed by atoms with E-state index in [9.17, 15) is 13.2 Å². The number of hydrogen-bond donors (Lipinski definition) is 0. The predicted molar refractivity (Wildman–Crippen MR) is 104 cm³/mol. The number of rotatable bonds is 7. The fourth-order valence-corrected chi connectivity index (χ4v) is 4.60. The van der Waals surface area contributed by atoms with Crippen LogP contribution in [0.4, 0.5) is 0 Å². The van der Waals surface area contributed by atoms with Gasteiger partial charge in [0.15, 0.2) is 5.17 Å². The van der Waals surface area contributed by atoms with Crippen LogP contribution < -0.4 is 0 Å². The number of carbonyl (C=O) groups is 1. The number of hydrogen-bond acceptors (Lipinski definition) is 6. The molecule has 0 unspecified atom stereocenters. The average Bonchev–Trinajstić information content (AvgIpc) is 3.26. The van der Waals surface area contributed by atoms with Gasteiger partial charge >= 0.3 is 0 Å². The highest BCUT2D eigenvalue weighted by molar-refractivity contribution is 8.19. The molecule has 2 aromatic rings. The third-order valence-corrected chi connectivity index (χ3v) is 6.08. The minimum Gasteiger partial charge on any atom is -0.465 e. The number of furan rings is 1. The standard InChI is InChI=1S/C18H18N2O5S2/c1-24-11-6-10-20-17(21)16(13-14-7-5-12-25-14)26-18(20)19-27(22,23)15-8-3-2-4-9-15/h2-5,7-9,12-13H,6,10-11H2,1H3/b16-13-,19-18+. The number of amidine groups is 1. The number of thioether (sulfide) groups is 1. The van der Waals surface area contributed by atoms with Gasteiger partial charge < -0.3 is 9.15 Å². The van der Waals surface area contributed by atoms with Gasteiger partial charge in [-0.3, -0.25) is 9.69 Å². The van der Waals surface area contributed by atoms with E-state index >= 15 is 0 Å². The van der Waals surface area contributed by atoms with Crippen molar-refractivity contribution in [2.45, 2.75) is 11.3 Å². The SMILES string of the molecule is COCCCN1C(=O)/C(=C/c2ccco2)S/C1=N/S(=O)(=O)c1ccccc1. The molecule has 2 heterocycles. The van der Waals surface area contributed by atoms with Gasteiger partial charge in [-0.25, -0.2) is 0 Å². The van der Waals surface area contributed by atoms with Crippen molar-refractivity contribution in [1.29, 1.82) is 0 Å². The number of methoxy groups -OCH3 is 1. The van der Waals surface area contributed by atoms with Crippen LogP contribution in [0.2, 0.25) is 0 Å². The Labute approximate surface area is 161 Å². The molecule has 0 bridgehead atoms. The van der Waals surface area contributed by atoms with E-state index in [0.29, 0.717) is 30.2 Å². The minimum absolute atomic E-state index is 0.0749. The summed E-state index contributed by atoms with van der Waals surface area (Å²) in [5.41, 5.74) is 0. The summed E-state index contributed by atoms with van der Waals surface area (Å²) in [5, 5.41) is 0.123. The van der Waals surface area contributed by atoms with E-state index in [1.807, 2.05) is 0 Å². The summed E-state index contributed by atoms with van der Waals surface area (Å²) in [6.07, 6.45) is 3.64. The van der Waals surface area contributed by atoms with Crippen molar-refractivity contribution < 1.29 is 22.4 Å². The van der Waals surface area contributed by atoms with Gasteiger partial charge in [0, 0.05) is 26.3 Å². The molecule has 1 aromatic heterocycles. The number of sulfonamides is 1. The predicted octanol–water partition coefficient (Wildman–Crippen LogP) is 2.98. The summed E-state index contributed by atoms with van der Waals surface area (Å²) in [6, 6.07) is 11.3. The second-order valence-corrected chi connectivity index (χ2v) is 8.20. The summed E-state index contributed by atoms with van der Waals surface area (Å²) in [4.78, 5) is 14.5. The summed E-state index contributed by atoms with van der Waals surface area (Å²) in [5.74, 6) is 0.198. The van der Waals surface area contributed by atoms with E-state index in [1.165, 1.54) is 23.3 Å². The lowest BCUT2D eigenvalue weighted by atomic mass is 10.3. The first kappa shape index (κ1) is 19.4. The molecular weight excluding hydrogens is 388 g/mol. The first-order chi connectivity index (χ1) is 13.0. The minimum atomic E-state index is -3.92. The van der Waals surface area contributed by atoms with Gasteiger partial charge in [0.1, 0.15) is 5.76 Å². The third kappa shape index (κ3) is 4.68. The smallest absolute Gasteiger partial charge is 0.284 e. The van der Waals surface area contributed by atoms with Crippen molar-refractivity contribution in [3.05, 3.63) is 59.4 Å². The molecule has 0 saturated carbocycles. The first-order valence-corrected chi connectivity index (χ1v) is 10.4. The number of ether oxygens (including phenoxy) is 1. The Balaban J connectivity index is 1.94. The van der Waals surface area contributed by atoms with Crippen LogP contribution in [0.1, 0.15) is 12.2 Å². The van der Waals surface area contributed by atoms with Gasteiger partial charge in [-0.05, 0) is 42.4 Å². The highest BCUT2D eigenvalue weighted by Gasteiger charge is 2.35. The lowest BCUT2D eigenvalue weighted by Gasteiger charge is -2.14. The maximum atomic E-state index is 12.7. The Hall–Kier alpha value is -2.36. The van der Waals surface area contributed by atoms with Crippen molar-refractivity contribution in [2.75, 3.05) is 20.3 Å². The second-order valence-electron chi connectivity index (χ2n) is 5.59. The molecule has 3 rings (SSSR count). The molecule has 1 aliphatic rings. The van der Waals surface area contributed by atoms with Crippen LogP contribution in [0, 0.1) is 0 Å². The molecular formula is C18H18N2O5S2. The molecule has 0 aliphatic carbocycles. The van der Waals surface area contributed by atoms with Crippen molar-refractivity contribution in [1.82, 2.24) is 4.90 Å². The van der Waals surface area contributed by atoms with Gasteiger partial charge in [-0.15, -0.1) is 4.40 Å². The maximum absolute atomic E-state index is 12.7. The van der Waals surface area contributed by atoms with E-state index in [2.05, 4.69) is 4.40 Å². The molecule has 0 spiro atoms. The molecule has 1 amide bonds.